The van der Waals surface area contributed by atoms with E-state index < -0.39 is 59.9 Å². The molecule has 1 aliphatic rings. The molecule has 5 N–H and O–H groups in total. The maximum Gasteiger partial charge on any atom is 0.329 e. The molecule has 7 atom stereocenters. The number of nitrogens with one attached hydrogen (secondary N) is 3. The monoisotopic (exact) mass is 539 g/mol. The molecule has 1 saturated heterocycles. The second-order valence-corrected chi connectivity index (χ2v) is 10.1. The van der Waals surface area contributed by atoms with Crippen molar-refractivity contribution in [2.24, 2.45) is 11.8 Å². The number of para-hydroxylation sites is 1. The number of cyclic esters (lactones) is 1. The van der Waals surface area contributed by atoms with Crippen LogP contribution in [0.15, 0.2) is 54.6 Å². The maximum atomic E-state index is 13.6. The number of ether oxygens (including phenoxy) is 1. The summed E-state index contributed by atoms with van der Waals surface area (Å²) in [6, 6.07) is 11.7. The number of hydrogen-bond acceptors (Lipinski definition) is 7. The van der Waals surface area contributed by atoms with Crippen molar-refractivity contribution in [2.75, 3.05) is 0 Å². The minimum Gasteiger partial charge on any atom is -0.507 e. The maximum absolute atomic E-state index is 13.6. The smallest absolute Gasteiger partial charge is 0.329 e. The minimum atomic E-state index is -1.37. The molecular weight excluding hydrogens is 502 g/mol. The van der Waals surface area contributed by atoms with Gasteiger partial charge in [0.15, 0.2) is 0 Å². The predicted molar refractivity (Wildman–Crippen MR) is 144 cm³/mol. The van der Waals surface area contributed by atoms with Crippen LogP contribution in [-0.2, 0) is 25.5 Å². The van der Waals surface area contributed by atoms with Gasteiger partial charge in [-0.15, -0.1) is 0 Å². The fourth-order valence-electron chi connectivity index (χ4n) is 4.46. The largest absolute Gasteiger partial charge is 0.507 e. The number of phenols is 1. The Hall–Kier alpha value is -3.92. The van der Waals surface area contributed by atoms with Crippen molar-refractivity contribution in [3.05, 3.63) is 65.7 Å². The van der Waals surface area contributed by atoms with Gasteiger partial charge in [-0.1, -0.05) is 69.7 Å². The number of carbonyl (C=O) groups excluding carboxylic acids is 4. The molecule has 3 amide bonds. The number of rotatable bonds is 6. The highest BCUT2D eigenvalue weighted by molar-refractivity contribution is 6.00. The number of aliphatic hydroxyl groups excluding tert-OH is 1. The van der Waals surface area contributed by atoms with Gasteiger partial charge in [0.25, 0.3) is 5.91 Å². The quantitative estimate of drug-likeness (QED) is 0.350. The fourth-order valence-corrected chi connectivity index (χ4v) is 4.46. The molecule has 0 radical (unpaired) electrons. The number of hydrogen-bond donors (Lipinski definition) is 5. The van der Waals surface area contributed by atoms with Crippen LogP contribution < -0.4 is 16.0 Å². The van der Waals surface area contributed by atoms with Gasteiger partial charge in [-0.2, -0.15) is 0 Å². The molecule has 210 valence electrons. The molecule has 2 aromatic rings. The van der Waals surface area contributed by atoms with E-state index in [0.29, 0.717) is 6.42 Å². The first kappa shape index (κ1) is 29.6. The van der Waals surface area contributed by atoms with E-state index in [-0.39, 0.29) is 23.7 Å². The van der Waals surface area contributed by atoms with E-state index in [2.05, 4.69) is 16.0 Å². The van der Waals surface area contributed by atoms with Crippen LogP contribution >= 0.6 is 0 Å². The summed E-state index contributed by atoms with van der Waals surface area (Å²) < 4.78 is 5.62. The van der Waals surface area contributed by atoms with Crippen molar-refractivity contribution in [2.45, 2.75) is 70.9 Å². The van der Waals surface area contributed by atoms with Gasteiger partial charge in [0.2, 0.25) is 11.8 Å². The molecule has 1 heterocycles. The van der Waals surface area contributed by atoms with Crippen LogP contribution in [0.25, 0.3) is 0 Å². The lowest BCUT2D eigenvalue weighted by molar-refractivity contribution is -0.157. The first-order chi connectivity index (χ1) is 18.5. The third kappa shape index (κ3) is 7.35. The average Bonchev–Trinajstić information content (AvgIpc) is 2.92. The summed E-state index contributed by atoms with van der Waals surface area (Å²) in [5, 5.41) is 29.4. The molecule has 3 rings (SSSR count). The van der Waals surface area contributed by atoms with E-state index in [9.17, 15) is 29.4 Å². The van der Waals surface area contributed by atoms with Gasteiger partial charge < -0.3 is 30.9 Å². The van der Waals surface area contributed by atoms with Gasteiger partial charge in [0.1, 0.15) is 23.9 Å². The Kier molecular flexibility index (Phi) is 10.1. The van der Waals surface area contributed by atoms with E-state index in [1.165, 1.54) is 26.0 Å². The minimum absolute atomic E-state index is 0.0609. The lowest BCUT2D eigenvalue weighted by Crippen LogP contribution is -2.61. The normalized spacial score (nSPS) is 27.2. The van der Waals surface area contributed by atoms with Crippen molar-refractivity contribution >= 4 is 23.7 Å². The number of esters is 1. The Morgan fingerprint density at radius 1 is 1.00 bits per heavy atom. The topological polar surface area (TPSA) is 154 Å². The van der Waals surface area contributed by atoms with Gasteiger partial charge in [0.05, 0.1) is 23.6 Å². The highest BCUT2D eigenvalue weighted by Crippen LogP contribution is 2.20. The van der Waals surface area contributed by atoms with Gasteiger partial charge in [-0.25, -0.2) is 4.79 Å². The van der Waals surface area contributed by atoms with Gasteiger partial charge in [-0.3, -0.25) is 14.4 Å². The van der Waals surface area contributed by atoms with E-state index in [0.717, 1.165) is 5.56 Å². The molecule has 0 aromatic heterocycles. The molecule has 0 bridgehead atoms. The summed E-state index contributed by atoms with van der Waals surface area (Å²) in [6.45, 7) is 6.63. The SMILES string of the molecule is CCC(C)C1NC(=O)[C@H](C)[C@H](O)[C@H](Cc2ccccc2)NC(=O)[C@@H](NC(=O)c2ccccc2O)[C@@H](C)OC1=O. The number of amides is 3. The van der Waals surface area contributed by atoms with Crippen molar-refractivity contribution in [1.29, 1.82) is 0 Å². The van der Waals surface area contributed by atoms with Crippen LogP contribution in [0.2, 0.25) is 0 Å². The van der Waals surface area contributed by atoms with E-state index in [4.69, 9.17) is 4.74 Å². The molecule has 10 nitrogen and oxygen atoms in total. The average molecular weight is 540 g/mol. The van der Waals surface area contributed by atoms with Crippen molar-refractivity contribution in [3.63, 3.8) is 0 Å². The van der Waals surface area contributed by atoms with E-state index in [1.807, 2.05) is 37.3 Å². The molecule has 10 heteroatoms. The number of aromatic hydroxyl groups is 1. The van der Waals surface area contributed by atoms with Crippen molar-refractivity contribution < 1.29 is 34.1 Å². The fraction of sp³-hybridized carbons (Fsp3) is 0.448. The van der Waals surface area contributed by atoms with Crippen molar-refractivity contribution in [1.82, 2.24) is 16.0 Å². The highest BCUT2D eigenvalue weighted by Gasteiger charge is 2.40. The number of aliphatic hydroxyl groups is 1. The first-order valence-electron chi connectivity index (χ1n) is 13.2. The Labute approximate surface area is 228 Å². The highest BCUT2D eigenvalue weighted by atomic mass is 16.5. The molecule has 2 unspecified atom stereocenters. The summed E-state index contributed by atoms with van der Waals surface area (Å²) in [5.74, 6) is -4.33. The molecule has 39 heavy (non-hydrogen) atoms. The Balaban J connectivity index is 2.00. The molecule has 0 aliphatic carbocycles. The number of benzene rings is 2. The lowest BCUT2D eigenvalue weighted by Gasteiger charge is -2.34. The third-order valence-corrected chi connectivity index (χ3v) is 7.22. The second kappa shape index (κ2) is 13.2. The summed E-state index contributed by atoms with van der Waals surface area (Å²) in [6.07, 6.45) is -1.71. The van der Waals surface area contributed by atoms with Gasteiger partial charge in [0, 0.05) is 0 Å². The van der Waals surface area contributed by atoms with Crippen LogP contribution in [-0.4, -0.2) is 64.2 Å². The standard InChI is InChI=1S/C29H37N3O7/c1-5-16(2)23-29(38)39-18(4)24(32-27(36)20-13-9-10-14-22(20)33)28(37)30-21(15-19-11-7-6-8-12-19)25(34)17(3)26(35)31-23/h6-14,16-18,21,23-25,33-34H,5,15H2,1-4H3,(H,30,37)(H,31,35)(H,32,36)/t16?,17-,18-,21+,23?,24+,25+/m1/s1. The zero-order valence-electron chi connectivity index (χ0n) is 22.6. The Morgan fingerprint density at radius 2 is 1.64 bits per heavy atom. The summed E-state index contributed by atoms with van der Waals surface area (Å²) >= 11 is 0. The van der Waals surface area contributed by atoms with Crippen molar-refractivity contribution in [3.8, 4) is 5.75 Å². The molecule has 1 aliphatic heterocycles. The molecule has 0 saturated carbocycles. The molecule has 2 aromatic carbocycles. The van der Waals surface area contributed by atoms with Gasteiger partial charge >= 0.3 is 5.97 Å². The predicted octanol–water partition coefficient (Wildman–Crippen LogP) is 1.69. The molecular formula is C29H37N3O7. The zero-order valence-corrected chi connectivity index (χ0v) is 22.6. The lowest BCUT2D eigenvalue weighted by atomic mass is 9.90. The molecule has 0 spiro atoms. The zero-order chi connectivity index (χ0) is 28.7. The summed E-state index contributed by atoms with van der Waals surface area (Å²) in [5.41, 5.74) is 0.752. The third-order valence-electron chi connectivity index (χ3n) is 7.22. The Bertz CT molecular complexity index is 1170. The summed E-state index contributed by atoms with van der Waals surface area (Å²) in [4.78, 5) is 52.9. The van der Waals surface area contributed by atoms with Crippen LogP contribution in [0.3, 0.4) is 0 Å². The van der Waals surface area contributed by atoms with Crippen LogP contribution in [0.4, 0.5) is 0 Å². The number of phenolic OH excluding ortho intramolecular Hbond substituents is 1. The number of carbonyl (C=O) groups is 4. The Morgan fingerprint density at radius 3 is 2.28 bits per heavy atom. The van der Waals surface area contributed by atoms with Crippen LogP contribution in [0.5, 0.6) is 5.75 Å². The van der Waals surface area contributed by atoms with Crippen LogP contribution in [0, 0.1) is 11.8 Å². The van der Waals surface area contributed by atoms with Crippen LogP contribution in [0.1, 0.15) is 50.0 Å². The van der Waals surface area contributed by atoms with E-state index >= 15 is 0 Å². The first-order valence-corrected chi connectivity index (χ1v) is 13.2. The second-order valence-electron chi connectivity index (χ2n) is 10.1. The molecule has 1 fully saturated rings. The van der Waals surface area contributed by atoms with E-state index in [1.54, 1.807) is 19.1 Å². The summed E-state index contributed by atoms with van der Waals surface area (Å²) in [7, 11) is 0. The van der Waals surface area contributed by atoms with Gasteiger partial charge in [-0.05, 0) is 37.0 Å².